The summed E-state index contributed by atoms with van der Waals surface area (Å²) in [5.74, 6) is 0.864. The summed E-state index contributed by atoms with van der Waals surface area (Å²) in [6, 6.07) is 67.9. The highest BCUT2D eigenvalue weighted by molar-refractivity contribution is 7.26. The van der Waals surface area contributed by atoms with Crippen LogP contribution in [0.2, 0.25) is 0 Å². The Balaban J connectivity index is 1.15. The summed E-state index contributed by atoms with van der Waals surface area (Å²) in [7, 11) is 0. The van der Waals surface area contributed by atoms with E-state index in [1.54, 1.807) is 0 Å². The Labute approximate surface area is 333 Å². The van der Waals surface area contributed by atoms with Gasteiger partial charge in [0.25, 0.3) is 0 Å². The first kappa shape index (κ1) is 32.8. The lowest BCUT2D eigenvalue weighted by atomic mass is 9.86. The Morgan fingerprint density at radius 1 is 0.393 bits per heavy atom. The molecular formula is C52H34N2S2. The molecule has 2 aromatic heterocycles. The Hall–Kier alpha value is -6.59. The zero-order valence-electron chi connectivity index (χ0n) is 30.3. The van der Waals surface area contributed by atoms with Crippen molar-refractivity contribution in [2.24, 2.45) is 4.99 Å². The van der Waals surface area contributed by atoms with E-state index in [2.05, 4.69) is 199 Å². The average molecular weight is 751 g/mol. The fourth-order valence-electron chi connectivity index (χ4n) is 8.33. The van der Waals surface area contributed by atoms with E-state index in [0.29, 0.717) is 0 Å². The Kier molecular flexibility index (Phi) is 7.97. The third-order valence-electron chi connectivity index (χ3n) is 11.0. The molecule has 2 nitrogen and oxygen atoms in total. The maximum Gasteiger partial charge on any atom is 0.134 e. The van der Waals surface area contributed by atoms with Gasteiger partial charge in [0, 0.05) is 57.0 Å². The van der Waals surface area contributed by atoms with Crippen molar-refractivity contribution in [1.29, 1.82) is 0 Å². The molecule has 1 unspecified atom stereocenters. The first-order chi connectivity index (χ1) is 27.8. The number of thiophene rings is 2. The number of fused-ring (bicyclic) bond motifs is 6. The molecule has 10 aromatic rings. The van der Waals surface area contributed by atoms with Crippen molar-refractivity contribution in [3.8, 4) is 33.4 Å². The second-order valence-electron chi connectivity index (χ2n) is 14.3. The van der Waals surface area contributed by atoms with Crippen LogP contribution in [0.5, 0.6) is 0 Å². The molecule has 0 fully saturated rings. The maximum atomic E-state index is 5.30. The van der Waals surface area contributed by atoms with Gasteiger partial charge < -0.3 is 5.32 Å². The largest absolute Gasteiger partial charge is 0.359 e. The molecule has 8 aromatic carbocycles. The monoisotopic (exact) mass is 750 g/mol. The fourth-order valence-corrected chi connectivity index (χ4v) is 10.8. The quantitative estimate of drug-likeness (QED) is 0.180. The van der Waals surface area contributed by atoms with Crippen LogP contribution in [-0.2, 0) is 0 Å². The van der Waals surface area contributed by atoms with Gasteiger partial charge >= 0.3 is 0 Å². The molecule has 1 aliphatic rings. The molecule has 3 heterocycles. The Morgan fingerprint density at radius 3 is 1.57 bits per heavy atom. The van der Waals surface area contributed by atoms with Gasteiger partial charge in [-0.25, -0.2) is 4.99 Å². The first-order valence-electron chi connectivity index (χ1n) is 19.0. The van der Waals surface area contributed by atoms with Crippen LogP contribution < -0.4 is 5.32 Å². The molecule has 4 heteroatoms. The van der Waals surface area contributed by atoms with Gasteiger partial charge in [-0.3, -0.25) is 0 Å². The van der Waals surface area contributed by atoms with Gasteiger partial charge in [-0.15, -0.1) is 22.7 Å². The van der Waals surface area contributed by atoms with Crippen molar-refractivity contribution in [2.75, 3.05) is 0 Å². The number of nitrogens with zero attached hydrogens (tertiary/aromatic N) is 1. The van der Waals surface area contributed by atoms with Gasteiger partial charge in [-0.2, -0.15) is 0 Å². The number of hydrogen-bond acceptors (Lipinski definition) is 4. The second kappa shape index (κ2) is 13.6. The molecule has 0 amide bonds. The van der Waals surface area contributed by atoms with Gasteiger partial charge in [0.2, 0.25) is 0 Å². The van der Waals surface area contributed by atoms with Crippen molar-refractivity contribution in [3.05, 3.63) is 211 Å². The van der Waals surface area contributed by atoms with Crippen LogP contribution >= 0.6 is 22.7 Å². The van der Waals surface area contributed by atoms with Crippen molar-refractivity contribution in [1.82, 2.24) is 5.32 Å². The van der Waals surface area contributed by atoms with E-state index in [4.69, 9.17) is 4.99 Å². The molecule has 1 aliphatic heterocycles. The minimum Gasteiger partial charge on any atom is -0.359 e. The van der Waals surface area contributed by atoms with Crippen LogP contribution in [0.1, 0.15) is 22.7 Å². The van der Waals surface area contributed by atoms with E-state index < -0.39 is 0 Å². The van der Waals surface area contributed by atoms with E-state index in [9.17, 15) is 0 Å². The van der Waals surface area contributed by atoms with Crippen molar-refractivity contribution >= 4 is 74.6 Å². The molecule has 11 rings (SSSR count). The molecule has 1 atom stereocenters. The van der Waals surface area contributed by atoms with Crippen LogP contribution in [-0.4, -0.2) is 5.84 Å². The fraction of sp³-hybridized carbons (Fsp3) is 0.0192. The van der Waals surface area contributed by atoms with Crippen LogP contribution in [0.15, 0.2) is 199 Å². The summed E-state index contributed by atoms with van der Waals surface area (Å²) in [6.45, 7) is 0. The first-order valence-corrected chi connectivity index (χ1v) is 20.6. The topological polar surface area (TPSA) is 24.4 Å². The summed E-state index contributed by atoms with van der Waals surface area (Å²) in [6.07, 6.45) is 2.32. The SMILES string of the molecule is C1=C(c2ccc(-c3ccccc3)cc2)N=C(c2ccccc2)NC1c1cccc(-c2cccc3c2sc2ccccc23)c1-c1cccc2c1sc1ccccc12. The van der Waals surface area contributed by atoms with E-state index in [-0.39, 0.29) is 6.04 Å². The molecule has 0 spiro atoms. The lowest BCUT2D eigenvalue weighted by molar-refractivity contribution is 0.783. The van der Waals surface area contributed by atoms with Gasteiger partial charge in [0.15, 0.2) is 0 Å². The van der Waals surface area contributed by atoms with Gasteiger partial charge in [-0.05, 0) is 51.6 Å². The molecule has 1 N–H and O–H groups in total. The summed E-state index contributed by atoms with van der Waals surface area (Å²) in [5, 5.41) is 9.13. The molecule has 0 aliphatic carbocycles. The molecule has 0 bridgehead atoms. The van der Waals surface area contributed by atoms with E-state index in [1.807, 2.05) is 22.7 Å². The highest BCUT2D eigenvalue weighted by Crippen LogP contribution is 2.48. The molecule has 56 heavy (non-hydrogen) atoms. The number of hydrogen-bond donors (Lipinski definition) is 1. The van der Waals surface area contributed by atoms with Crippen LogP contribution in [0, 0.1) is 0 Å². The van der Waals surface area contributed by atoms with Gasteiger partial charge in [0.05, 0.1) is 11.7 Å². The van der Waals surface area contributed by atoms with E-state index in [0.717, 1.165) is 22.7 Å². The third-order valence-corrected chi connectivity index (χ3v) is 13.4. The number of aliphatic imine (C=N–C) groups is 1. The molecule has 0 saturated heterocycles. The smallest absolute Gasteiger partial charge is 0.134 e. The van der Waals surface area contributed by atoms with Crippen LogP contribution in [0.4, 0.5) is 0 Å². The zero-order chi connectivity index (χ0) is 37.0. The standard InChI is InChI=1S/C52H34N2S2/c1-3-14-33(15-4-1)34-28-30-35(31-29-34)45-32-46(54-52(53-45)36-16-5-2-6-17-36)43-24-11-20-39(42-23-12-21-40-37-18-7-9-26-47(37)55-50(40)42)49(43)44-25-13-22-41-38-19-8-10-27-48(38)56-51(41)44/h1-32,46H,(H,53,54). The Bertz CT molecular complexity index is 3150. The average Bonchev–Trinajstić information content (AvgIpc) is 3.86. The Morgan fingerprint density at radius 2 is 0.893 bits per heavy atom. The van der Waals surface area contributed by atoms with Crippen molar-refractivity contribution in [3.63, 3.8) is 0 Å². The predicted octanol–water partition coefficient (Wildman–Crippen LogP) is 14.6. The molecular weight excluding hydrogens is 717 g/mol. The summed E-state index contributed by atoms with van der Waals surface area (Å²) in [5.41, 5.74) is 11.7. The normalized spacial score (nSPS) is 14.2. The summed E-state index contributed by atoms with van der Waals surface area (Å²) in [4.78, 5) is 5.30. The minimum atomic E-state index is -0.160. The second-order valence-corrected chi connectivity index (χ2v) is 16.4. The maximum absolute atomic E-state index is 5.30. The predicted molar refractivity (Wildman–Crippen MR) is 242 cm³/mol. The van der Waals surface area contributed by atoms with Crippen LogP contribution in [0.3, 0.4) is 0 Å². The van der Waals surface area contributed by atoms with Gasteiger partial charge in [-0.1, -0.05) is 176 Å². The zero-order valence-corrected chi connectivity index (χ0v) is 31.9. The van der Waals surface area contributed by atoms with Gasteiger partial charge in [0.1, 0.15) is 5.84 Å². The number of nitrogens with one attached hydrogen (secondary N) is 1. The molecule has 0 saturated carbocycles. The summed E-state index contributed by atoms with van der Waals surface area (Å²) < 4.78 is 5.23. The third kappa shape index (κ3) is 5.57. The van der Waals surface area contributed by atoms with E-state index in [1.165, 1.54) is 79.3 Å². The van der Waals surface area contributed by atoms with E-state index >= 15 is 0 Å². The molecule has 0 radical (unpaired) electrons. The number of rotatable bonds is 6. The minimum absolute atomic E-state index is 0.160. The lowest BCUT2D eigenvalue weighted by Gasteiger charge is -2.27. The molecule has 264 valence electrons. The van der Waals surface area contributed by atoms with Crippen molar-refractivity contribution in [2.45, 2.75) is 6.04 Å². The van der Waals surface area contributed by atoms with Crippen molar-refractivity contribution < 1.29 is 0 Å². The lowest BCUT2D eigenvalue weighted by Crippen LogP contribution is -2.31. The highest BCUT2D eigenvalue weighted by atomic mass is 32.1. The number of benzene rings is 8. The highest BCUT2D eigenvalue weighted by Gasteiger charge is 2.26. The van der Waals surface area contributed by atoms with Crippen LogP contribution in [0.25, 0.3) is 79.4 Å². The summed E-state index contributed by atoms with van der Waals surface area (Å²) >= 11 is 3.77. The number of amidine groups is 1.